The van der Waals surface area contributed by atoms with E-state index in [0.717, 1.165) is 0 Å². The molecular weight excluding hydrogens is 400 g/mol. The molecule has 0 aliphatic rings. The summed E-state index contributed by atoms with van der Waals surface area (Å²) in [4.78, 5) is 11.0. The molecule has 0 radical (unpaired) electrons. The van der Waals surface area contributed by atoms with Gasteiger partial charge in [-0.05, 0) is 18.0 Å². The van der Waals surface area contributed by atoms with E-state index in [1.54, 1.807) is 6.92 Å². The Hall–Kier alpha value is -0.940. The number of hydrogen-bond donors (Lipinski definition) is 1. The Labute approximate surface area is 140 Å². The molecule has 0 aliphatic carbocycles. The van der Waals surface area contributed by atoms with E-state index in [-0.39, 0.29) is 6.42 Å². The van der Waals surface area contributed by atoms with E-state index >= 15 is 0 Å². The van der Waals surface area contributed by atoms with Crippen LogP contribution >= 0.6 is 11.6 Å². The Bertz CT molecular complexity index is 463. The van der Waals surface area contributed by atoms with Crippen LogP contribution in [0.1, 0.15) is 32.6 Å². The van der Waals surface area contributed by atoms with Crippen LogP contribution in [0.4, 0.5) is 43.9 Å². The number of unbranched alkanes of at least 4 members (excludes halogenated alkanes) is 3. The topological polar surface area (TPSA) is 29.1 Å². The van der Waals surface area contributed by atoms with Crippen molar-refractivity contribution in [2.24, 2.45) is 0 Å². The van der Waals surface area contributed by atoms with Crippen molar-refractivity contribution in [1.82, 2.24) is 5.32 Å². The minimum atomic E-state index is -7.33. The summed E-state index contributed by atoms with van der Waals surface area (Å²) in [7, 11) is 0. The Morgan fingerprint density at radius 3 is 1.68 bits per heavy atom. The van der Waals surface area contributed by atoms with Crippen molar-refractivity contribution in [3.05, 3.63) is 0 Å². The summed E-state index contributed by atoms with van der Waals surface area (Å²) in [5.41, 5.74) is 0. The summed E-state index contributed by atoms with van der Waals surface area (Å²) in [5.74, 6) is -30.9. The average Bonchev–Trinajstić information content (AvgIpc) is 2.44. The smallest absolute Gasteiger partial charge is 0.351 e. The lowest BCUT2D eigenvalue weighted by Crippen LogP contribution is -2.69. The highest BCUT2D eigenvalue weighted by molar-refractivity contribution is 6.22. The molecule has 0 aliphatic heterocycles. The molecule has 0 aromatic carbocycles. The van der Waals surface area contributed by atoms with Crippen molar-refractivity contribution in [3.8, 4) is 0 Å². The first-order valence-corrected chi connectivity index (χ1v) is 7.22. The van der Waals surface area contributed by atoms with Crippen LogP contribution in [0.2, 0.25) is 0 Å². The number of halogens is 11. The van der Waals surface area contributed by atoms with Crippen molar-refractivity contribution >= 4 is 17.5 Å². The molecule has 1 amide bonds. The average molecular weight is 414 g/mol. The second-order valence-corrected chi connectivity index (χ2v) is 5.59. The van der Waals surface area contributed by atoms with Crippen LogP contribution in [0.25, 0.3) is 0 Å². The molecular formula is C12H14ClF10NO. The maximum absolute atomic E-state index is 13.3. The molecule has 0 unspecified atom stereocenters. The third-order valence-electron chi connectivity index (χ3n) is 3.14. The maximum Gasteiger partial charge on any atom is 0.393 e. The molecule has 0 aromatic rings. The molecule has 0 saturated carbocycles. The van der Waals surface area contributed by atoms with Crippen molar-refractivity contribution in [3.63, 3.8) is 0 Å². The maximum atomic E-state index is 13.3. The van der Waals surface area contributed by atoms with Gasteiger partial charge in [0.2, 0.25) is 0 Å². The molecule has 13 heteroatoms. The third-order valence-corrected chi connectivity index (χ3v) is 3.38. The fraction of sp³-hybridized carbons (Fsp3) is 0.917. The van der Waals surface area contributed by atoms with Gasteiger partial charge in [0.05, 0.1) is 0 Å². The Morgan fingerprint density at radius 2 is 1.28 bits per heavy atom. The summed E-state index contributed by atoms with van der Waals surface area (Å²) in [5, 5.41) is -5.09. The first-order chi connectivity index (χ1) is 11.0. The van der Waals surface area contributed by atoms with Crippen LogP contribution in [0.15, 0.2) is 0 Å². The fourth-order valence-corrected chi connectivity index (χ4v) is 1.70. The first-order valence-electron chi connectivity index (χ1n) is 6.84. The second kappa shape index (κ2) is 7.75. The van der Waals surface area contributed by atoms with E-state index in [1.807, 2.05) is 0 Å². The predicted octanol–water partition coefficient (Wildman–Crippen LogP) is 5.06. The van der Waals surface area contributed by atoms with Crippen molar-refractivity contribution in [2.45, 2.75) is 61.7 Å². The third kappa shape index (κ3) is 4.43. The lowest BCUT2D eigenvalue weighted by Gasteiger charge is -2.37. The molecule has 150 valence electrons. The number of hydrogen-bond acceptors (Lipinski definition) is 1. The predicted molar refractivity (Wildman–Crippen MR) is 67.7 cm³/mol. The van der Waals surface area contributed by atoms with Crippen LogP contribution in [0.3, 0.4) is 0 Å². The number of amides is 1. The van der Waals surface area contributed by atoms with E-state index in [9.17, 15) is 48.7 Å². The number of rotatable bonds is 10. The standard InChI is InChI=1S/C12H14ClF10NO/c1-2-3-4-5-6-24-7(25)8(14,15)9(16,17)10(18,19)11(20,21)12(13,22)23/h2-6H2,1H3,(H,24,25). The highest BCUT2D eigenvalue weighted by atomic mass is 35.5. The Morgan fingerprint density at radius 1 is 0.800 bits per heavy atom. The fourth-order valence-electron chi connectivity index (χ4n) is 1.58. The lowest BCUT2D eigenvalue weighted by molar-refractivity contribution is -0.382. The minimum Gasteiger partial charge on any atom is -0.351 e. The van der Waals surface area contributed by atoms with Gasteiger partial charge in [0, 0.05) is 6.54 Å². The molecule has 0 saturated heterocycles. The van der Waals surface area contributed by atoms with Gasteiger partial charge in [0.15, 0.2) is 0 Å². The highest BCUT2D eigenvalue weighted by Gasteiger charge is 2.87. The Kier molecular flexibility index (Phi) is 7.46. The zero-order valence-electron chi connectivity index (χ0n) is 12.6. The number of nitrogens with one attached hydrogen (secondary N) is 1. The highest BCUT2D eigenvalue weighted by Crippen LogP contribution is 2.57. The van der Waals surface area contributed by atoms with Crippen LogP contribution in [-0.4, -0.2) is 41.5 Å². The van der Waals surface area contributed by atoms with E-state index in [1.165, 1.54) is 5.32 Å². The quantitative estimate of drug-likeness (QED) is 0.303. The van der Waals surface area contributed by atoms with Crippen LogP contribution in [0, 0.1) is 0 Å². The second-order valence-electron chi connectivity index (χ2n) is 5.11. The minimum absolute atomic E-state index is 0.0214. The van der Waals surface area contributed by atoms with Crippen LogP contribution in [-0.2, 0) is 4.79 Å². The number of carbonyl (C=O) groups excluding carboxylic acids is 1. The number of alkyl halides is 11. The molecule has 0 rings (SSSR count). The molecule has 0 bridgehead atoms. The van der Waals surface area contributed by atoms with Gasteiger partial charge in [0.25, 0.3) is 5.91 Å². The van der Waals surface area contributed by atoms with Gasteiger partial charge < -0.3 is 5.32 Å². The zero-order chi connectivity index (χ0) is 20.3. The van der Waals surface area contributed by atoms with Crippen LogP contribution < -0.4 is 5.32 Å². The van der Waals surface area contributed by atoms with Gasteiger partial charge in [-0.1, -0.05) is 26.2 Å². The first kappa shape index (κ1) is 24.1. The van der Waals surface area contributed by atoms with Gasteiger partial charge in [0.1, 0.15) is 0 Å². The lowest BCUT2D eigenvalue weighted by atomic mass is 9.98. The summed E-state index contributed by atoms with van der Waals surface area (Å²) in [6.45, 7) is 1.14. The van der Waals surface area contributed by atoms with Crippen molar-refractivity contribution < 1.29 is 48.7 Å². The normalized spacial score (nSPS) is 14.6. The molecule has 0 aromatic heterocycles. The molecule has 2 nitrogen and oxygen atoms in total. The zero-order valence-corrected chi connectivity index (χ0v) is 13.4. The molecule has 1 N–H and O–H groups in total. The van der Waals surface area contributed by atoms with E-state index < -0.39 is 41.5 Å². The number of carbonyl (C=O) groups is 1. The van der Waals surface area contributed by atoms with Gasteiger partial charge in [-0.3, -0.25) is 4.79 Å². The largest absolute Gasteiger partial charge is 0.393 e. The van der Waals surface area contributed by atoms with Crippen molar-refractivity contribution in [1.29, 1.82) is 0 Å². The SMILES string of the molecule is CCCCCCNC(=O)C(F)(F)C(F)(F)C(F)(F)C(F)(F)C(F)(F)Cl. The van der Waals surface area contributed by atoms with E-state index in [2.05, 4.69) is 11.6 Å². The van der Waals surface area contributed by atoms with Gasteiger partial charge in [-0.2, -0.15) is 43.9 Å². The van der Waals surface area contributed by atoms with Gasteiger partial charge >= 0.3 is 29.1 Å². The monoisotopic (exact) mass is 413 g/mol. The summed E-state index contributed by atoms with van der Waals surface area (Å²) < 4.78 is 130. The molecule has 0 spiro atoms. The van der Waals surface area contributed by atoms with Gasteiger partial charge in [-0.15, -0.1) is 0 Å². The molecule has 0 atom stereocenters. The Balaban J connectivity index is 5.41. The molecule has 0 fully saturated rings. The molecule has 0 heterocycles. The summed E-state index contributed by atoms with van der Waals surface area (Å²) in [6, 6.07) is 0. The van der Waals surface area contributed by atoms with E-state index in [0.29, 0.717) is 19.3 Å². The van der Waals surface area contributed by atoms with Crippen LogP contribution in [0.5, 0.6) is 0 Å². The summed E-state index contributed by atoms with van der Waals surface area (Å²) >= 11 is 3.64. The van der Waals surface area contributed by atoms with Crippen molar-refractivity contribution in [2.75, 3.05) is 6.54 Å². The van der Waals surface area contributed by atoms with Gasteiger partial charge in [-0.25, -0.2) is 0 Å². The van der Waals surface area contributed by atoms with E-state index in [4.69, 9.17) is 0 Å². The molecule has 25 heavy (non-hydrogen) atoms. The summed E-state index contributed by atoms with van der Waals surface area (Å²) in [6.07, 6.45) is 1.69.